The van der Waals surface area contributed by atoms with Crippen LogP contribution in [-0.2, 0) is 10.0 Å². The molecule has 0 aromatic heterocycles. The minimum atomic E-state index is -3.70. The molecule has 2 aromatic carbocycles. The van der Waals surface area contributed by atoms with Crippen LogP contribution < -0.4 is 14.2 Å². The normalized spacial score (nSPS) is 18.7. The average molecular weight is 375 g/mol. The first-order valence-corrected chi connectivity index (χ1v) is 10.1. The second-order valence-corrected chi connectivity index (χ2v) is 9.02. The molecule has 0 spiro atoms. The zero-order chi connectivity index (χ0) is 19.1. The Bertz CT molecular complexity index is 912. The Labute approximate surface area is 155 Å². The second-order valence-electron chi connectivity index (χ2n) is 7.37. The van der Waals surface area contributed by atoms with E-state index in [2.05, 4.69) is 4.72 Å². The van der Waals surface area contributed by atoms with Gasteiger partial charge in [0.15, 0.2) is 0 Å². The molecule has 1 aliphatic rings. The van der Waals surface area contributed by atoms with Gasteiger partial charge in [-0.1, -0.05) is 18.2 Å². The maximum atomic E-state index is 13.2. The molecule has 26 heavy (non-hydrogen) atoms. The Hall–Kier alpha value is -2.05. The molecule has 140 valence electrons. The van der Waals surface area contributed by atoms with Gasteiger partial charge in [0.2, 0.25) is 10.0 Å². The van der Waals surface area contributed by atoms with Gasteiger partial charge in [0.05, 0.1) is 18.0 Å². The Morgan fingerprint density at radius 3 is 2.38 bits per heavy atom. The van der Waals surface area contributed by atoms with Crippen molar-refractivity contribution in [2.75, 3.05) is 7.11 Å². The van der Waals surface area contributed by atoms with Crippen LogP contribution in [0.3, 0.4) is 0 Å². The first-order valence-electron chi connectivity index (χ1n) is 8.58. The van der Waals surface area contributed by atoms with Gasteiger partial charge in [0.25, 0.3) is 0 Å². The van der Waals surface area contributed by atoms with Gasteiger partial charge in [-0.3, -0.25) is 0 Å². The molecule has 1 N–H and O–H groups in total. The van der Waals surface area contributed by atoms with Crippen molar-refractivity contribution < 1.29 is 17.9 Å². The van der Waals surface area contributed by atoms with Gasteiger partial charge in [-0.25, -0.2) is 13.1 Å². The van der Waals surface area contributed by atoms with Crippen molar-refractivity contribution in [3.05, 3.63) is 53.1 Å². The fourth-order valence-electron chi connectivity index (χ4n) is 3.61. The quantitative estimate of drug-likeness (QED) is 0.880. The van der Waals surface area contributed by atoms with E-state index in [4.69, 9.17) is 9.47 Å². The lowest BCUT2D eigenvalue weighted by Gasteiger charge is -2.37. The third-order valence-electron chi connectivity index (χ3n) is 4.61. The van der Waals surface area contributed by atoms with E-state index in [-0.39, 0.29) is 6.04 Å². The summed E-state index contributed by atoms with van der Waals surface area (Å²) < 4.78 is 40.5. The number of nitrogens with one attached hydrogen (secondary N) is 1. The largest absolute Gasteiger partial charge is 0.497 e. The maximum absolute atomic E-state index is 13.2. The standard InChI is InChI=1S/C20H25NO4S/c1-13-10-15(24-5)11-14(2)19(13)26(22,23)21-17-12-20(3,4)25-18-9-7-6-8-16(17)18/h6-11,17,21H,12H2,1-5H3. The van der Waals surface area contributed by atoms with E-state index < -0.39 is 15.6 Å². The van der Waals surface area contributed by atoms with Crippen LogP contribution in [0.5, 0.6) is 11.5 Å². The molecule has 0 saturated carbocycles. The number of methoxy groups -OCH3 is 1. The lowest BCUT2D eigenvalue weighted by molar-refractivity contribution is 0.0702. The summed E-state index contributed by atoms with van der Waals surface area (Å²) in [6, 6.07) is 10.7. The van der Waals surface area contributed by atoms with Crippen LogP contribution in [0.25, 0.3) is 0 Å². The number of aryl methyl sites for hydroxylation is 2. The molecule has 1 atom stereocenters. The smallest absolute Gasteiger partial charge is 0.241 e. The zero-order valence-corrected chi connectivity index (χ0v) is 16.6. The molecule has 0 amide bonds. The minimum absolute atomic E-state index is 0.306. The number of sulfonamides is 1. The number of benzene rings is 2. The summed E-state index contributed by atoms with van der Waals surface area (Å²) in [5.74, 6) is 1.37. The van der Waals surface area contributed by atoms with Gasteiger partial charge in [-0.2, -0.15) is 0 Å². The lowest BCUT2D eigenvalue weighted by atomic mass is 9.90. The molecule has 0 saturated heterocycles. The maximum Gasteiger partial charge on any atom is 0.241 e. The van der Waals surface area contributed by atoms with E-state index in [1.807, 2.05) is 38.1 Å². The predicted octanol–water partition coefficient (Wildman–Crippen LogP) is 3.89. The molecule has 1 unspecified atom stereocenters. The highest BCUT2D eigenvalue weighted by molar-refractivity contribution is 7.89. The van der Waals surface area contributed by atoms with Crippen molar-refractivity contribution in [2.24, 2.45) is 0 Å². The van der Waals surface area contributed by atoms with E-state index in [0.717, 1.165) is 11.3 Å². The first kappa shape index (κ1) is 18.7. The summed E-state index contributed by atoms with van der Waals surface area (Å²) in [4.78, 5) is 0.306. The van der Waals surface area contributed by atoms with Crippen molar-refractivity contribution in [1.29, 1.82) is 0 Å². The summed E-state index contributed by atoms with van der Waals surface area (Å²) in [5.41, 5.74) is 1.73. The molecule has 0 aliphatic carbocycles. The number of fused-ring (bicyclic) bond motifs is 1. The molecule has 2 aromatic rings. The van der Waals surface area contributed by atoms with E-state index >= 15 is 0 Å². The van der Waals surface area contributed by atoms with Crippen LogP contribution in [0.15, 0.2) is 41.3 Å². The SMILES string of the molecule is COc1cc(C)c(S(=O)(=O)NC2CC(C)(C)Oc3ccccc32)c(C)c1. The van der Waals surface area contributed by atoms with Crippen molar-refractivity contribution in [3.8, 4) is 11.5 Å². The van der Waals surface area contributed by atoms with E-state index in [9.17, 15) is 8.42 Å². The van der Waals surface area contributed by atoms with Crippen LogP contribution in [0.4, 0.5) is 0 Å². The van der Waals surface area contributed by atoms with Gasteiger partial charge in [-0.15, -0.1) is 0 Å². The van der Waals surface area contributed by atoms with Gasteiger partial charge < -0.3 is 9.47 Å². The second kappa shape index (κ2) is 6.59. The summed E-state index contributed by atoms with van der Waals surface area (Å²) in [6.45, 7) is 7.50. The molecular formula is C20H25NO4S. The summed E-state index contributed by atoms with van der Waals surface area (Å²) in [5, 5.41) is 0. The van der Waals surface area contributed by atoms with Crippen molar-refractivity contribution in [3.63, 3.8) is 0 Å². The summed E-state index contributed by atoms with van der Waals surface area (Å²) >= 11 is 0. The number of hydrogen-bond donors (Lipinski definition) is 1. The van der Waals surface area contributed by atoms with Crippen LogP contribution in [0.2, 0.25) is 0 Å². The summed E-state index contributed by atoms with van der Waals surface area (Å²) in [6.07, 6.45) is 0.553. The molecule has 1 aliphatic heterocycles. The Balaban J connectivity index is 2.01. The molecule has 6 heteroatoms. The molecule has 0 radical (unpaired) electrons. The number of ether oxygens (including phenoxy) is 2. The fourth-order valence-corrected chi connectivity index (χ4v) is 5.27. The van der Waals surface area contributed by atoms with Gasteiger partial charge in [0.1, 0.15) is 17.1 Å². The minimum Gasteiger partial charge on any atom is -0.497 e. The predicted molar refractivity (Wildman–Crippen MR) is 101 cm³/mol. The molecular weight excluding hydrogens is 350 g/mol. The fraction of sp³-hybridized carbons (Fsp3) is 0.400. The van der Waals surface area contributed by atoms with Gasteiger partial charge in [0, 0.05) is 12.0 Å². The average Bonchev–Trinajstić information content (AvgIpc) is 2.52. The molecule has 5 nitrogen and oxygen atoms in total. The van der Waals surface area contributed by atoms with Crippen LogP contribution in [-0.4, -0.2) is 21.1 Å². The molecule has 1 heterocycles. The number of rotatable bonds is 4. The Morgan fingerprint density at radius 1 is 1.15 bits per heavy atom. The monoisotopic (exact) mass is 375 g/mol. The van der Waals surface area contributed by atoms with Gasteiger partial charge >= 0.3 is 0 Å². The lowest BCUT2D eigenvalue weighted by Crippen LogP contribution is -2.41. The van der Waals surface area contributed by atoms with E-state index in [1.54, 1.807) is 33.1 Å². The highest BCUT2D eigenvalue weighted by Crippen LogP contribution is 2.40. The molecule has 0 fully saturated rings. The van der Waals surface area contributed by atoms with Crippen molar-refractivity contribution in [2.45, 2.75) is 50.7 Å². The molecule has 3 rings (SSSR count). The zero-order valence-electron chi connectivity index (χ0n) is 15.8. The third kappa shape index (κ3) is 3.57. The van der Waals surface area contributed by atoms with Crippen molar-refractivity contribution in [1.82, 2.24) is 4.72 Å². The highest BCUT2D eigenvalue weighted by Gasteiger charge is 2.36. The number of para-hydroxylation sites is 1. The Morgan fingerprint density at radius 2 is 1.77 bits per heavy atom. The number of hydrogen-bond acceptors (Lipinski definition) is 4. The summed E-state index contributed by atoms with van der Waals surface area (Å²) in [7, 11) is -2.13. The van der Waals surface area contributed by atoms with Crippen LogP contribution in [0, 0.1) is 13.8 Å². The molecule has 0 bridgehead atoms. The van der Waals surface area contributed by atoms with Gasteiger partial charge in [-0.05, 0) is 57.0 Å². The van der Waals surface area contributed by atoms with E-state index in [0.29, 0.717) is 28.2 Å². The van der Waals surface area contributed by atoms with Crippen LogP contribution in [0.1, 0.15) is 43.0 Å². The Kier molecular flexibility index (Phi) is 4.75. The van der Waals surface area contributed by atoms with Crippen molar-refractivity contribution >= 4 is 10.0 Å². The van der Waals surface area contributed by atoms with E-state index in [1.165, 1.54) is 0 Å². The highest BCUT2D eigenvalue weighted by atomic mass is 32.2. The first-order chi connectivity index (χ1) is 12.1. The third-order valence-corrected chi connectivity index (χ3v) is 6.39. The topological polar surface area (TPSA) is 64.6 Å². The van der Waals surface area contributed by atoms with Crippen LogP contribution >= 0.6 is 0 Å².